The van der Waals surface area contributed by atoms with Gasteiger partial charge in [0, 0.05) is 33.7 Å². The summed E-state index contributed by atoms with van der Waals surface area (Å²) < 4.78 is 7.83. The van der Waals surface area contributed by atoms with Gasteiger partial charge in [0.1, 0.15) is 5.58 Å². The Bertz CT molecular complexity index is 3590. The summed E-state index contributed by atoms with van der Waals surface area (Å²) in [5, 5.41) is 1.23. The number of hydrogen-bond acceptors (Lipinski definition) is 3. The lowest BCUT2D eigenvalue weighted by atomic mass is 9.35. The highest BCUT2D eigenvalue weighted by molar-refractivity contribution is 7.00. The minimum atomic E-state index is -0.133. The average molecular weight is 991 g/mol. The molecule has 3 heterocycles. The number of nitrogens with zero attached hydrogens (tertiary/aromatic N) is 2. The van der Waals surface area contributed by atoms with E-state index in [2.05, 4.69) is 225 Å². The van der Waals surface area contributed by atoms with Crippen molar-refractivity contribution >= 4 is 68.4 Å². The quantitative estimate of drug-likeness (QED) is 0.165. The SMILES string of the molecule is Cc1cc2c3c(c1)N(c1ccc4c(c1)C(C)(C)CCC4(C)C)c1c(oc4cc5c(cc14)C(C)(C)CCC5(C)C)B3c1cc3c(cc1N2c1cc2c(cc1-c1ccccc1)C(C)(C)CCC2(C)C)C(C)(C)CCC3(C)C. The van der Waals surface area contributed by atoms with Crippen LogP contribution < -0.4 is 26.4 Å². The zero-order valence-corrected chi connectivity index (χ0v) is 48.8. The van der Waals surface area contributed by atoms with Crippen molar-refractivity contribution in [1.82, 2.24) is 0 Å². The molecule has 7 aromatic rings. The third-order valence-corrected chi connectivity index (χ3v) is 21.1. The van der Waals surface area contributed by atoms with Crippen LogP contribution in [-0.4, -0.2) is 6.71 Å². The van der Waals surface area contributed by atoms with Crippen LogP contribution in [0.2, 0.25) is 0 Å². The third kappa shape index (κ3) is 7.04. The Morgan fingerprint density at radius 2 is 0.840 bits per heavy atom. The molecule has 2 aliphatic heterocycles. The lowest BCUT2D eigenvalue weighted by Gasteiger charge is -2.48. The molecule has 6 aliphatic rings. The molecule has 3 nitrogen and oxygen atoms in total. The Labute approximate surface area is 451 Å². The molecule has 0 amide bonds. The van der Waals surface area contributed by atoms with Crippen molar-refractivity contribution in [2.24, 2.45) is 0 Å². The summed E-state index contributed by atoms with van der Waals surface area (Å²) in [5.41, 5.74) is 28.2. The van der Waals surface area contributed by atoms with Crippen LogP contribution in [0.15, 0.2) is 101 Å². The molecule has 386 valence electrons. The smallest absolute Gasteiger partial charge is 0.297 e. The Morgan fingerprint density at radius 1 is 0.400 bits per heavy atom. The lowest BCUT2D eigenvalue weighted by molar-refractivity contribution is 0.332. The van der Waals surface area contributed by atoms with Crippen molar-refractivity contribution in [3.8, 4) is 11.1 Å². The lowest BCUT2D eigenvalue weighted by Crippen LogP contribution is -2.61. The van der Waals surface area contributed by atoms with E-state index in [1.54, 1.807) is 0 Å². The van der Waals surface area contributed by atoms with Crippen LogP contribution in [0.1, 0.15) is 212 Å². The fraction of sp³-hybridized carbons (Fsp3) is 0.465. The number of furan rings is 1. The van der Waals surface area contributed by atoms with Crippen LogP contribution in [0, 0.1) is 6.92 Å². The third-order valence-electron chi connectivity index (χ3n) is 21.1. The first-order valence-electron chi connectivity index (χ1n) is 29.0. The first-order valence-corrected chi connectivity index (χ1v) is 29.0. The second-order valence-corrected chi connectivity index (χ2v) is 30.1. The highest BCUT2D eigenvalue weighted by Crippen LogP contribution is 2.57. The highest BCUT2D eigenvalue weighted by atomic mass is 16.3. The van der Waals surface area contributed by atoms with E-state index in [1.165, 1.54) is 124 Å². The molecule has 4 heteroatoms. The maximum atomic E-state index is 7.83. The van der Waals surface area contributed by atoms with E-state index < -0.39 is 0 Å². The summed E-state index contributed by atoms with van der Waals surface area (Å²) in [4.78, 5) is 5.43. The summed E-state index contributed by atoms with van der Waals surface area (Å²) in [7, 11) is 0. The molecule has 0 saturated heterocycles. The Balaban J connectivity index is 1.19. The monoisotopic (exact) mass is 991 g/mol. The average Bonchev–Trinajstić information content (AvgIpc) is 3.72. The Morgan fingerprint density at radius 3 is 1.39 bits per heavy atom. The molecule has 0 atom stereocenters. The molecule has 75 heavy (non-hydrogen) atoms. The summed E-state index contributed by atoms with van der Waals surface area (Å²) in [6, 6.07) is 39.6. The zero-order valence-electron chi connectivity index (χ0n) is 48.8. The summed E-state index contributed by atoms with van der Waals surface area (Å²) >= 11 is 0. The van der Waals surface area contributed by atoms with Gasteiger partial charge < -0.3 is 14.2 Å². The van der Waals surface area contributed by atoms with E-state index in [0.29, 0.717) is 0 Å². The predicted molar refractivity (Wildman–Crippen MR) is 322 cm³/mol. The summed E-state index contributed by atoms with van der Waals surface area (Å²) in [6.07, 6.45) is 9.30. The van der Waals surface area contributed by atoms with Crippen molar-refractivity contribution in [2.45, 2.75) is 212 Å². The molecule has 0 unspecified atom stereocenters. The van der Waals surface area contributed by atoms with Crippen molar-refractivity contribution in [2.75, 3.05) is 9.80 Å². The number of fused-ring (bicyclic) bond motifs is 10. The van der Waals surface area contributed by atoms with Crippen molar-refractivity contribution in [3.05, 3.63) is 147 Å². The van der Waals surface area contributed by atoms with Crippen LogP contribution in [-0.2, 0) is 43.3 Å². The second kappa shape index (κ2) is 15.4. The zero-order chi connectivity index (χ0) is 53.1. The summed E-state index contributed by atoms with van der Waals surface area (Å²) in [5.74, 6) is 0. The van der Waals surface area contributed by atoms with Crippen LogP contribution in [0.4, 0.5) is 34.1 Å². The first kappa shape index (κ1) is 49.1. The maximum absolute atomic E-state index is 7.83. The molecule has 1 aromatic heterocycles. The first-order chi connectivity index (χ1) is 35.0. The van der Waals surface area contributed by atoms with Gasteiger partial charge in [0.05, 0.1) is 17.0 Å². The molecule has 0 fully saturated rings. The van der Waals surface area contributed by atoms with Gasteiger partial charge in [-0.3, -0.25) is 0 Å². The molecule has 0 spiro atoms. The number of hydrogen-bond donors (Lipinski definition) is 0. The largest absolute Gasteiger partial charge is 0.468 e. The van der Waals surface area contributed by atoms with E-state index >= 15 is 0 Å². The fourth-order valence-corrected chi connectivity index (χ4v) is 15.6. The van der Waals surface area contributed by atoms with E-state index in [-0.39, 0.29) is 50.0 Å². The molecular formula is C71H83BN2O. The number of rotatable bonds is 3. The van der Waals surface area contributed by atoms with Gasteiger partial charge in [0.25, 0.3) is 6.71 Å². The number of benzene rings is 6. The number of aryl methyl sites for hydroxylation is 1. The Kier molecular flexibility index (Phi) is 10.1. The molecule has 0 N–H and O–H groups in total. The fourth-order valence-electron chi connectivity index (χ4n) is 15.6. The minimum absolute atomic E-state index is 0.00899. The van der Waals surface area contributed by atoms with E-state index in [4.69, 9.17) is 4.42 Å². The van der Waals surface area contributed by atoms with Gasteiger partial charge in [0.2, 0.25) is 0 Å². The van der Waals surface area contributed by atoms with Crippen LogP contribution >= 0.6 is 0 Å². The van der Waals surface area contributed by atoms with Gasteiger partial charge in [0.15, 0.2) is 0 Å². The van der Waals surface area contributed by atoms with Crippen LogP contribution in [0.3, 0.4) is 0 Å². The normalized spacial score (nSPS) is 22.0. The van der Waals surface area contributed by atoms with Crippen molar-refractivity contribution < 1.29 is 4.42 Å². The molecule has 0 radical (unpaired) electrons. The van der Waals surface area contributed by atoms with Gasteiger partial charge in [-0.15, -0.1) is 0 Å². The topological polar surface area (TPSA) is 19.6 Å². The predicted octanol–water partition coefficient (Wildman–Crippen LogP) is 17.9. The van der Waals surface area contributed by atoms with E-state index in [1.807, 2.05) is 0 Å². The molecule has 13 rings (SSSR count). The molecule has 6 aromatic carbocycles. The second-order valence-electron chi connectivity index (χ2n) is 30.1. The van der Waals surface area contributed by atoms with Crippen molar-refractivity contribution in [1.29, 1.82) is 0 Å². The van der Waals surface area contributed by atoms with Crippen molar-refractivity contribution in [3.63, 3.8) is 0 Å². The van der Waals surface area contributed by atoms with Gasteiger partial charge >= 0.3 is 0 Å². The van der Waals surface area contributed by atoms with Crippen LogP contribution in [0.5, 0.6) is 0 Å². The van der Waals surface area contributed by atoms with Crippen LogP contribution in [0.25, 0.3) is 22.1 Å². The van der Waals surface area contributed by atoms with Gasteiger partial charge in [-0.25, -0.2) is 0 Å². The molecular weight excluding hydrogens is 908 g/mol. The van der Waals surface area contributed by atoms with Gasteiger partial charge in [-0.05, 0) is 223 Å². The molecule has 0 bridgehead atoms. The molecule has 0 saturated carbocycles. The Hall–Kier alpha value is -5.48. The maximum Gasteiger partial charge on any atom is 0.297 e. The minimum Gasteiger partial charge on any atom is -0.468 e. The van der Waals surface area contributed by atoms with Gasteiger partial charge in [-0.2, -0.15) is 0 Å². The number of anilines is 6. The highest BCUT2D eigenvalue weighted by Gasteiger charge is 2.51. The summed E-state index contributed by atoms with van der Waals surface area (Å²) in [6.45, 7) is 41.9. The van der Waals surface area contributed by atoms with E-state index in [0.717, 1.165) is 49.8 Å². The standard InChI is InChI=1S/C71H83BN2O/c1-42-33-58-61-59(34-42)74(56-39-52-49(66(6,7)27-30-69(52,12)13)36-45(56)43-21-19-18-20-22-43)57-40-53-51(68(10,11)29-31-70(53,14)15)38-55(57)72(61)63-62(46-37-50-54(41-60(46)75-63)71(16,17)32-28-67(50,8)9)73(58)44-23-24-47-48(35-44)65(4,5)26-25-64(47,2)3/h18-24,33-41H,25-32H2,1-17H3. The molecule has 4 aliphatic carbocycles. The van der Waals surface area contributed by atoms with Gasteiger partial charge in [-0.1, -0.05) is 153 Å². The van der Waals surface area contributed by atoms with E-state index in [9.17, 15) is 0 Å².